The van der Waals surface area contributed by atoms with Crippen LogP contribution in [0.25, 0.3) is 0 Å². The van der Waals surface area contributed by atoms with Crippen molar-refractivity contribution in [2.75, 3.05) is 6.61 Å². The van der Waals surface area contributed by atoms with Gasteiger partial charge < -0.3 is 20.4 Å². The molecule has 0 aromatic rings. The number of phosphoric ester groups is 1. The van der Waals surface area contributed by atoms with Gasteiger partial charge in [-0.2, -0.15) is 43.9 Å². The molecular formula is C19H35F12N2O4P. The van der Waals surface area contributed by atoms with Gasteiger partial charge >= 0.3 is 43.9 Å². The first-order valence-corrected chi connectivity index (χ1v) is 12.3. The van der Waals surface area contributed by atoms with E-state index in [1.54, 1.807) is 0 Å². The highest BCUT2D eigenvalue weighted by Crippen LogP contribution is 2.58. The summed E-state index contributed by atoms with van der Waals surface area (Å²) in [5.41, 5.74) is 0. The van der Waals surface area contributed by atoms with E-state index in [1.165, 1.54) is 0 Å². The quantitative estimate of drug-likeness (QED) is 0.152. The van der Waals surface area contributed by atoms with Crippen molar-refractivity contribution in [2.24, 2.45) is 0 Å². The molecule has 0 saturated heterocycles. The molecule has 0 radical (unpaired) electrons. The topological polar surface area (TPSA) is 90.8 Å². The standard InChI is InChI=1S/C7H5F12O4P.2C6H15N/c8-2(9)4(12,13)6(16,17)7(18,19)5(14,15)3(10,11)1-23-24(20,21)22;2*1-5(2)7-6(3)4/h2H,1H2,(H2,20,21,22);2*5-7H,1-4H3. The van der Waals surface area contributed by atoms with E-state index < -0.39 is 50.5 Å². The van der Waals surface area contributed by atoms with Crippen LogP contribution in [0.3, 0.4) is 0 Å². The lowest BCUT2D eigenvalue weighted by Gasteiger charge is -2.38. The van der Waals surface area contributed by atoms with E-state index in [9.17, 15) is 57.3 Å². The van der Waals surface area contributed by atoms with Crippen molar-refractivity contribution >= 4 is 7.82 Å². The fourth-order valence-electron chi connectivity index (χ4n) is 2.36. The molecule has 0 aromatic carbocycles. The molecule has 0 aliphatic rings. The molecule has 0 rings (SSSR count). The number of alkyl halides is 12. The lowest BCUT2D eigenvalue weighted by molar-refractivity contribution is -0.414. The molecule has 0 atom stereocenters. The van der Waals surface area contributed by atoms with Crippen LogP contribution in [0.1, 0.15) is 55.4 Å². The third kappa shape index (κ3) is 13.0. The summed E-state index contributed by atoms with van der Waals surface area (Å²) in [7, 11) is -5.99. The Morgan fingerprint density at radius 3 is 1.11 bits per heavy atom. The molecule has 19 heteroatoms. The number of hydrogen-bond donors (Lipinski definition) is 4. The molecule has 0 fully saturated rings. The maximum atomic E-state index is 13.0. The van der Waals surface area contributed by atoms with Crippen LogP contribution in [0, 0.1) is 0 Å². The second kappa shape index (κ2) is 15.3. The fraction of sp³-hybridized carbons (Fsp3) is 1.00. The second-order valence-electron chi connectivity index (χ2n) is 9.07. The average molecular weight is 614 g/mol. The minimum atomic E-state index is -7.76. The van der Waals surface area contributed by atoms with Crippen molar-refractivity contribution in [3.05, 3.63) is 0 Å². The Morgan fingerprint density at radius 2 is 0.921 bits per heavy atom. The van der Waals surface area contributed by atoms with Crippen LogP contribution in [0.2, 0.25) is 0 Å². The molecule has 234 valence electrons. The van der Waals surface area contributed by atoms with Gasteiger partial charge in [0.1, 0.15) is 6.61 Å². The first kappa shape index (κ1) is 41.7. The average Bonchev–Trinajstić information content (AvgIpc) is 2.64. The van der Waals surface area contributed by atoms with Crippen LogP contribution in [0.5, 0.6) is 0 Å². The summed E-state index contributed by atoms with van der Waals surface area (Å²) >= 11 is 0. The maximum absolute atomic E-state index is 13.0. The van der Waals surface area contributed by atoms with Crippen LogP contribution < -0.4 is 10.6 Å². The third-order valence-corrected chi connectivity index (χ3v) is 4.15. The number of nitrogens with one attached hydrogen (secondary N) is 2. The zero-order valence-electron chi connectivity index (χ0n) is 21.8. The highest BCUT2D eigenvalue weighted by atomic mass is 31.2. The fourth-order valence-corrected chi connectivity index (χ4v) is 2.69. The number of halogens is 12. The summed E-state index contributed by atoms with van der Waals surface area (Å²) < 4.78 is 164. The Morgan fingerprint density at radius 1 is 0.632 bits per heavy atom. The molecule has 6 nitrogen and oxygen atoms in total. The lowest BCUT2D eigenvalue weighted by Crippen LogP contribution is -2.69. The van der Waals surface area contributed by atoms with E-state index in [1.807, 2.05) is 0 Å². The Bertz CT molecular complexity index is 692. The molecule has 0 aliphatic carbocycles. The van der Waals surface area contributed by atoms with Crippen molar-refractivity contribution in [1.82, 2.24) is 10.6 Å². The van der Waals surface area contributed by atoms with Gasteiger partial charge in [0.15, 0.2) is 0 Å². The maximum Gasteiger partial charge on any atom is 0.469 e. The minimum Gasteiger partial charge on any atom is -0.312 e. The van der Waals surface area contributed by atoms with Crippen molar-refractivity contribution in [1.29, 1.82) is 0 Å². The van der Waals surface area contributed by atoms with Crippen LogP contribution in [-0.2, 0) is 9.09 Å². The van der Waals surface area contributed by atoms with Gasteiger partial charge in [0.2, 0.25) is 0 Å². The second-order valence-corrected chi connectivity index (χ2v) is 10.3. The summed E-state index contributed by atoms with van der Waals surface area (Å²) in [5.74, 6) is -36.6. The summed E-state index contributed by atoms with van der Waals surface area (Å²) in [6, 6.07) is 2.50. The Balaban J connectivity index is -0.000000710. The normalized spacial score (nSPS) is 14.2. The van der Waals surface area contributed by atoms with Gasteiger partial charge in [0, 0.05) is 24.2 Å². The van der Waals surface area contributed by atoms with Gasteiger partial charge in [-0.3, -0.25) is 4.52 Å². The molecular weight excluding hydrogens is 579 g/mol. The van der Waals surface area contributed by atoms with E-state index in [-0.39, 0.29) is 0 Å². The van der Waals surface area contributed by atoms with Crippen LogP contribution in [0.15, 0.2) is 0 Å². The predicted molar refractivity (Wildman–Crippen MR) is 116 cm³/mol. The van der Waals surface area contributed by atoms with E-state index in [2.05, 4.69) is 70.5 Å². The van der Waals surface area contributed by atoms with Crippen molar-refractivity contribution in [3.63, 3.8) is 0 Å². The third-order valence-electron chi connectivity index (χ3n) is 3.69. The Labute approximate surface area is 213 Å². The molecule has 0 bridgehead atoms. The monoisotopic (exact) mass is 614 g/mol. The van der Waals surface area contributed by atoms with Crippen LogP contribution >= 0.6 is 7.82 Å². The van der Waals surface area contributed by atoms with Gasteiger partial charge in [-0.25, -0.2) is 13.3 Å². The van der Waals surface area contributed by atoms with E-state index in [4.69, 9.17) is 9.79 Å². The number of hydrogen-bond acceptors (Lipinski definition) is 4. The highest BCUT2D eigenvalue weighted by molar-refractivity contribution is 7.46. The van der Waals surface area contributed by atoms with E-state index in [0.29, 0.717) is 24.2 Å². The van der Waals surface area contributed by atoms with Crippen molar-refractivity contribution in [3.8, 4) is 0 Å². The molecule has 0 spiro atoms. The Kier molecular flexibility index (Phi) is 16.7. The minimum absolute atomic E-state index is 0.625. The van der Waals surface area contributed by atoms with Crippen molar-refractivity contribution < 1.29 is 71.6 Å². The van der Waals surface area contributed by atoms with Gasteiger partial charge in [-0.15, -0.1) is 0 Å². The number of phosphoric acid groups is 1. The molecule has 4 N–H and O–H groups in total. The zero-order chi connectivity index (χ0) is 31.7. The first-order chi connectivity index (χ1) is 16.4. The highest BCUT2D eigenvalue weighted by Gasteiger charge is 2.87. The van der Waals surface area contributed by atoms with Gasteiger partial charge in [-0.1, -0.05) is 55.4 Å². The van der Waals surface area contributed by atoms with Gasteiger partial charge in [0.05, 0.1) is 0 Å². The lowest BCUT2D eigenvalue weighted by atomic mass is 9.95. The summed E-state index contributed by atoms with van der Waals surface area (Å²) in [6.45, 7) is 13.9. The van der Waals surface area contributed by atoms with E-state index in [0.717, 1.165) is 0 Å². The van der Waals surface area contributed by atoms with Crippen LogP contribution in [0.4, 0.5) is 52.7 Å². The zero-order valence-corrected chi connectivity index (χ0v) is 22.7. The van der Waals surface area contributed by atoms with Gasteiger partial charge in [0.25, 0.3) is 0 Å². The molecule has 0 amide bonds. The molecule has 38 heavy (non-hydrogen) atoms. The smallest absolute Gasteiger partial charge is 0.312 e. The Hall–Kier alpha value is -0.810. The molecule has 0 aliphatic heterocycles. The van der Waals surface area contributed by atoms with E-state index >= 15 is 0 Å². The van der Waals surface area contributed by atoms with Crippen molar-refractivity contribution in [2.45, 2.75) is 116 Å². The van der Waals surface area contributed by atoms with Gasteiger partial charge in [-0.05, 0) is 0 Å². The molecule has 0 heterocycles. The molecule has 0 aromatic heterocycles. The predicted octanol–water partition coefficient (Wildman–Crippen LogP) is 6.32. The SMILES string of the molecule is CC(C)NC(C)C.CC(C)NC(C)C.O=P(O)(O)OCC(F)(F)C(F)(F)C(F)(F)C(F)(F)C(F)(F)C(F)F. The number of rotatable bonds is 12. The largest absolute Gasteiger partial charge is 0.469 e. The summed E-state index contributed by atoms with van der Waals surface area (Å²) in [4.78, 5) is 15.9. The molecule has 0 unspecified atom stereocenters. The summed E-state index contributed by atoms with van der Waals surface area (Å²) in [6.07, 6.45) is -5.63. The van der Waals surface area contributed by atoms with Crippen LogP contribution in [-0.4, -0.2) is 76.6 Å². The molecule has 0 saturated carbocycles. The summed E-state index contributed by atoms with van der Waals surface area (Å²) in [5, 5.41) is 6.61. The first-order valence-electron chi connectivity index (χ1n) is 10.8.